The van der Waals surface area contributed by atoms with Gasteiger partial charge in [-0.15, -0.1) is 0 Å². The summed E-state index contributed by atoms with van der Waals surface area (Å²) in [6.45, 7) is 8.49. The number of ether oxygens (including phenoxy) is 1. The van der Waals surface area contributed by atoms with Gasteiger partial charge >= 0.3 is 5.97 Å². The van der Waals surface area contributed by atoms with Gasteiger partial charge in [0.2, 0.25) is 0 Å². The smallest absolute Gasteiger partial charge is 0.327 e. The molecule has 0 radical (unpaired) electrons. The van der Waals surface area contributed by atoms with E-state index in [1.54, 1.807) is 0 Å². The minimum atomic E-state index is -0.784. The summed E-state index contributed by atoms with van der Waals surface area (Å²) in [4.78, 5) is 14.7. The van der Waals surface area contributed by atoms with E-state index in [0.717, 1.165) is 19.4 Å². The summed E-state index contributed by atoms with van der Waals surface area (Å²) in [5.74, 6) is 0.736. The van der Waals surface area contributed by atoms with E-state index in [-0.39, 0.29) is 5.97 Å². The molecule has 2 aliphatic rings. The molecule has 19 heavy (non-hydrogen) atoms. The molecule has 2 atom stereocenters. The number of likely N-dealkylation sites (tertiary alicyclic amines) is 1. The van der Waals surface area contributed by atoms with Gasteiger partial charge in [0.1, 0.15) is 5.54 Å². The third kappa shape index (κ3) is 3.11. The number of esters is 1. The van der Waals surface area contributed by atoms with Crippen molar-refractivity contribution >= 4 is 5.97 Å². The van der Waals surface area contributed by atoms with Crippen LogP contribution in [0, 0.1) is 11.8 Å². The van der Waals surface area contributed by atoms with E-state index in [9.17, 15) is 4.79 Å². The van der Waals surface area contributed by atoms with Gasteiger partial charge in [-0.05, 0) is 51.0 Å². The highest BCUT2D eigenvalue weighted by molar-refractivity contribution is 5.82. The van der Waals surface area contributed by atoms with Crippen molar-refractivity contribution < 1.29 is 9.53 Å². The van der Waals surface area contributed by atoms with Crippen LogP contribution in [-0.4, -0.2) is 42.1 Å². The Morgan fingerprint density at radius 3 is 2.63 bits per heavy atom. The Hall–Kier alpha value is -0.610. The molecule has 2 N–H and O–H groups in total. The van der Waals surface area contributed by atoms with Gasteiger partial charge in [-0.1, -0.05) is 13.8 Å². The van der Waals surface area contributed by atoms with E-state index >= 15 is 0 Å². The maximum Gasteiger partial charge on any atom is 0.327 e. The Bertz CT molecular complexity index is 328. The average Bonchev–Trinajstić information content (AvgIpc) is 3.11. The van der Waals surface area contributed by atoms with E-state index in [4.69, 9.17) is 10.5 Å². The first kappa shape index (κ1) is 14.8. The fourth-order valence-corrected chi connectivity index (χ4v) is 3.36. The topological polar surface area (TPSA) is 55.6 Å². The maximum atomic E-state index is 12.2. The van der Waals surface area contributed by atoms with Gasteiger partial charge < -0.3 is 10.5 Å². The van der Waals surface area contributed by atoms with Crippen molar-refractivity contribution in [2.24, 2.45) is 17.6 Å². The Morgan fingerprint density at radius 2 is 2.11 bits per heavy atom. The average molecular weight is 268 g/mol. The first-order valence-corrected chi connectivity index (χ1v) is 7.69. The first-order valence-electron chi connectivity index (χ1n) is 7.69. The van der Waals surface area contributed by atoms with Crippen molar-refractivity contribution in [3.8, 4) is 0 Å². The third-order valence-corrected chi connectivity index (χ3v) is 4.61. The van der Waals surface area contributed by atoms with Crippen LogP contribution in [0.4, 0.5) is 0 Å². The molecule has 1 heterocycles. The molecule has 0 amide bonds. The summed E-state index contributed by atoms with van der Waals surface area (Å²) in [6.07, 6.45) is 4.57. The summed E-state index contributed by atoms with van der Waals surface area (Å²) in [6, 6.07) is 0.566. The number of nitrogens with two attached hydrogens (primary N) is 1. The summed E-state index contributed by atoms with van der Waals surface area (Å²) in [7, 11) is 0. The molecule has 0 spiro atoms. The second kappa shape index (κ2) is 5.80. The van der Waals surface area contributed by atoms with Gasteiger partial charge in [-0.25, -0.2) is 4.79 Å². The second-order valence-electron chi connectivity index (χ2n) is 6.46. The number of carbonyl (C=O) groups excluding carboxylic acids is 1. The molecular weight excluding hydrogens is 240 g/mol. The molecule has 2 rings (SSSR count). The maximum absolute atomic E-state index is 12.2. The van der Waals surface area contributed by atoms with Crippen molar-refractivity contribution in [2.75, 3.05) is 19.7 Å². The molecule has 1 saturated carbocycles. The molecule has 1 aliphatic heterocycles. The third-order valence-electron chi connectivity index (χ3n) is 4.61. The Kier molecular flexibility index (Phi) is 4.51. The SMILES string of the molecule is CCOC(=O)C(N)(CN1CCCC1C(C)C)C1CC1. The summed E-state index contributed by atoms with van der Waals surface area (Å²) < 4.78 is 5.22. The Morgan fingerprint density at radius 1 is 1.42 bits per heavy atom. The van der Waals surface area contributed by atoms with E-state index < -0.39 is 5.54 Å². The predicted molar refractivity (Wildman–Crippen MR) is 75.7 cm³/mol. The molecule has 2 fully saturated rings. The van der Waals surface area contributed by atoms with E-state index in [1.807, 2.05) is 6.92 Å². The van der Waals surface area contributed by atoms with Crippen molar-refractivity contribution in [3.05, 3.63) is 0 Å². The molecule has 0 bridgehead atoms. The van der Waals surface area contributed by atoms with Crippen LogP contribution in [0.5, 0.6) is 0 Å². The lowest BCUT2D eigenvalue weighted by atomic mass is 9.92. The van der Waals surface area contributed by atoms with Gasteiger partial charge in [-0.3, -0.25) is 4.90 Å². The van der Waals surface area contributed by atoms with Gasteiger partial charge in [0.15, 0.2) is 0 Å². The second-order valence-corrected chi connectivity index (χ2v) is 6.46. The molecule has 2 unspecified atom stereocenters. The molecule has 1 saturated heterocycles. The van der Waals surface area contributed by atoms with Gasteiger partial charge in [0, 0.05) is 12.6 Å². The van der Waals surface area contributed by atoms with Gasteiger partial charge in [0.05, 0.1) is 6.61 Å². The highest BCUT2D eigenvalue weighted by Crippen LogP contribution is 2.40. The van der Waals surface area contributed by atoms with Crippen molar-refractivity contribution in [1.29, 1.82) is 0 Å². The quantitative estimate of drug-likeness (QED) is 0.746. The lowest BCUT2D eigenvalue weighted by Gasteiger charge is -2.36. The van der Waals surface area contributed by atoms with Crippen LogP contribution < -0.4 is 5.73 Å². The summed E-state index contributed by atoms with van der Waals surface area (Å²) >= 11 is 0. The summed E-state index contributed by atoms with van der Waals surface area (Å²) in [5, 5.41) is 0. The standard InChI is InChI=1S/C15H28N2O2/c1-4-19-14(18)15(16,12-7-8-12)10-17-9-5-6-13(17)11(2)3/h11-13H,4-10,16H2,1-3H3. The van der Waals surface area contributed by atoms with Crippen LogP contribution in [0.25, 0.3) is 0 Å². The highest BCUT2D eigenvalue weighted by atomic mass is 16.5. The molecular formula is C15H28N2O2. The zero-order chi connectivity index (χ0) is 14.0. The minimum absolute atomic E-state index is 0.202. The van der Waals surface area contributed by atoms with Crippen LogP contribution in [0.2, 0.25) is 0 Å². The van der Waals surface area contributed by atoms with Crippen molar-refractivity contribution in [2.45, 2.75) is 58.0 Å². The number of nitrogens with zero attached hydrogens (tertiary/aromatic N) is 1. The summed E-state index contributed by atoms with van der Waals surface area (Å²) in [5.41, 5.74) is 5.67. The van der Waals surface area contributed by atoms with E-state index in [2.05, 4.69) is 18.7 Å². The zero-order valence-corrected chi connectivity index (χ0v) is 12.5. The van der Waals surface area contributed by atoms with E-state index in [0.29, 0.717) is 31.0 Å². The lowest BCUT2D eigenvalue weighted by Crippen LogP contribution is -2.59. The first-order chi connectivity index (χ1) is 8.99. The van der Waals surface area contributed by atoms with Crippen LogP contribution in [0.15, 0.2) is 0 Å². The molecule has 1 aliphatic carbocycles. The lowest BCUT2D eigenvalue weighted by molar-refractivity contribution is -0.151. The highest BCUT2D eigenvalue weighted by Gasteiger charge is 2.51. The molecule has 0 aromatic rings. The number of carbonyl (C=O) groups is 1. The van der Waals surface area contributed by atoms with Crippen LogP contribution in [0.3, 0.4) is 0 Å². The number of hydrogen-bond donors (Lipinski definition) is 1. The fourth-order valence-electron chi connectivity index (χ4n) is 3.36. The monoisotopic (exact) mass is 268 g/mol. The van der Waals surface area contributed by atoms with E-state index in [1.165, 1.54) is 12.8 Å². The van der Waals surface area contributed by atoms with Crippen LogP contribution >= 0.6 is 0 Å². The molecule has 110 valence electrons. The largest absolute Gasteiger partial charge is 0.465 e. The Labute approximate surface area is 116 Å². The normalized spacial score (nSPS) is 27.5. The minimum Gasteiger partial charge on any atom is -0.465 e. The molecule has 4 heteroatoms. The molecule has 4 nitrogen and oxygen atoms in total. The van der Waals surface area contributed by atoms with Crippen molar-refractivity contribution in [1.82, 2.24) is 4.90 Å². The predicted octanol–water partition coefficient (Wildman–Crippen LogP) is 1.78. The molecule has 0 aromatic carbocycles. The Balaban J connectivity index is 2.06. The molecule has 0 aromatic heterocycles. The van der Waals surface area contributed by atoms with Crippen LogP contribution in [-0.2, 0) is 9.53 Å². The van der Waals surface area contributed by atoms with Crippen molar-refractivity contribution in [3.63, 3.8) is 0 Å². The van der Waals surface area contributed by atoms with Crippen LogP contribution in [0.1, 0.15) is 46.5 Å². The van der Waals surface area contributed by atoms with Gasteiger partial charge in [-0.2, -0.15) is 0 Å². The zero-order valence-electron chi connectivity index (χ0n) is 12.5. The van der Waals surface area contributed by atoms with Gasteiger partial charge in [0.25, 0.3) is 0 Å². The fraction of sp³-hybridized carbons (Fsp3) is 0.933. The number of rotatable bonds is 6. The number of hydrogen-bond acceptors (Lipinski definition) is 4.